The van der Waals surface area contributed by atoms with Crippen molar-refractivity contribution < 1.29 is 13.2 Å². The second-order valence-electron chi connectivity index (χ2n) is 11.7. The van der Waals surface area contributed by atoms with E-state index in [1.165, 1.54) is 27.9 Å². The lowest BCUT2D eigenvalue weighted by Gasteiger charge is -2.31. The van der Waals surface area contributed by atoms with Crippen LogP contribution in [0.2, 0.25) is 0 Å². The van der Waals surface area contributed by atoms with Crippen molar-refractivity contribution in [3.63, 3.8) is 0 Å². The Labute approximate surface area is 262 Å². The highest BCUT2D eigenvalue weighted by molar-refractivity contribution is 7.89. The smallest absolute Gasteiger partial charge is 0.241 e. The van der Waals surface area contributed by atoms with Crippen molar-refractivity contribution >= 4 is 10.0 Å². The number of ether oxygens (including phenoxy) is 1. The van der Waals surface area contributed by atoms with Gasteiger partial charge in [0.15, 0.2) is 0 Å². The molecule has 5 rings (SSSR count). The molecule has 4 aromatic rings. The van der Waals surface area contributed by atoms with E-state index in [2.05, 4.69) is 49.9 Å². The third kappa shape index (κ3) is 6.58. The van der Waals surface area contributed by atoms with Crippen molar-refractivity contribution in [1.82, 2.24) is 10.0 Å². The maximum absolute atomic E-state index is 13.8. The summed E-state index contributed by atoms with van der Waals surface area (Å²) < 4.78 is 36.4. The standard InChI is InChI=1S/C38H42N2O3S/c1-25-17-20-34(21-18-25)44(41,42)40-38(31-15-11-8-12-16-31)37(30-13-9-7-10-14-30)39-24-32-23-33(43-6)19-22-35(32)36-28(4)26(2)27(3)29(36)5/h7-23,36-40H,24H2,1-6H3/t37-,38-/m1/s1. The van der Waals surface area contributed by atoms with Gasteiger partial charge in [0.1, 0.15) is 5.75 Å². The molecule has 0 bridgehead atoms. The molecule has 0 saturated carbocycles. The van der Waals surface area contributed by atoms with Gasteiger partial charge >= 0.3 is 0 Å². The average molecular weight is 607 g/mol. The fourth-order valence-corrected chi connectivity index (χ4v) is 7.45. The van der Waals surface area contributed by atoms with Crippen molar-refractivity contribution in [3.05, 3.63) is 153 Å². The Kier molecular flexibility index (Phi) is 9.54. The van der Waals surface area contributed by atoms with E-state index in [0.29, 0.717) is 6.54 Å². The van der Waals surface area contributed by atoms with Crippen molar-refractivity contribution in [1.29, 1.82) is 0 Å². The van der Waals surface area contributed by atoms with Gasteiger partial charge in [-0.1, -0.05) is 95.6 Å². The van der Waals surface area contributed by atoms with Crippen LogP contribution in [0.4, 0.5) is 0 Å². The molecule has 0 radical (unpaired) electrons. The summed E-state index contributed by atoms with van der Waals surface area (Å²) in [4.78, 5) is 0.238. The molecule has 0 aromatic heterocycles. The van der Waals surface area contributed by atoms with Crippen molar-refractivity contribution in [2.45, 2.75) is 64.1 Å². The lowest BCUT2D eigenvalue weighted by Crippen LogP contribution is -2.38. The van der Waals surface area contributed by atoms with Crippen LogP contribution in [0.1, 0.15) is 73.5 Å². The molecular weight excluding hydrogens is 564 g/mol. The summed E-state index contributed by atoms with van der Waals surface area (Å²) in [6, 6.07) is 32.1. The third-order valence-electron chi connectivity index (χ3n) is 9.05. The fraction of sp³-hybridized carbons (Fsp3) is 0.263. The number of allylic oxidation sites excluding steroid dienone is 4. The Morgan fingerprint density at radius 3 is 1.80 bits per heavy atom. The first-order valence-corrected chi connectivity index (χ1v) is 16.5. The first-order valence-electron chi connectivity index (χ1n) is 15.0. The van der Waals surface area contributed by atoms with E-state index in [4.69, 9.17) is 4.74 Å². The molecule has 0 fully saturated rings. The molecule has 228 valence electrons. The molecule has 0 spiro atoms. The zero-order valence-corrected chi connectivity index (χ0v) is 27.2. The van der Waals surface area contributed by atoms with Crippen LogP contribution in [0.5, 0.6) is 5.75 Å². The van der Waals surface area contributed by atoms with Crippen LogP contribution in [-0.2, 0) is 16.6 Å². The average Bonchev–Trinajstić information content (AvgIpc) is 3.23. The summed E-state index contributed by atoms with van der Waals surface area (Å²) in [7, 11) is -2.16. The predicted octanol–water partition coefficient (Wildman–Crippen LogP) is 8.32. The number of nitrogens with one attached hydrogen (secondary N) is 2. The highest BCUT2D eigenvalue weighted by Gasteiger charge is 2.31. The Hall–Kier alpha value is -3.97. The number of rotatable bonds is 11. The van der Waals surface area contributed by atoms with Gasteiger partial charge in [0.05, 0.1) is 24.1 Å². The maximum atomic E-state index is 13.8. The molecule has 4 aromatic carbocycles. The zero-order valence-electron chi connectivity index (χ0n) is 26.4. The molecule has 2 atom stereocenters. The number of benzene rings is 4. The molecule has 0 heterocycles. The topological polar surface area (TPSA) is 67.4 Å². The van der Waals surface area contributed by atoms with Crippen LogP contribution in [-0.4, -0.2) is 15.5 Å². The van der Waals surface area contributed by atoms with E-state index < -0.39 is 16.1 Å². The molecule has 0 amide bonds. The second-order valence-corrected chi connectivity index (χ2v) is 13.4. The summed E-state index contributed by atoms with van der Waals surface area (Å²) in [6.45, 7) is 11.3. The number of sulfonamides is 1. The van der Waals surface area contributed by atoms with Gasteiger partial charge in [0.25, 0.3) is 0 Å². The number of methoxy groups -OCH3 is 1. The van der Waals surface area contributed by atoms with E-state index in [1.807, 2.05) is 85.8 Å². The van der Waals surface area contributed by atoms with Gasteiger partial charge in [-0.15, -0.1) is 0 Å². The number of hydrogen-bond donors (Lipinski definition) is 2. The van der Waals surface area contributed by atoms with Crippen LogP contribution in [0.15, 0.2) is 130 Å². The predicted molar refractivity (Wildman–Crippen MR) is 179 cm³/mol. The lowest BCUT2D eigenvalue weighted by atomic mass is 9.85. The van der Waals surface area contributed by atoms with Crippen LogP contribution in [0.3, 0.4) is 0 Å². The first-order chi connectivity index (χ1) is 21.1. The summed E-state index contributed by atoms with van der Waals surface area (Å²) in [5.41, 5.74) is 10.6. The molecule has 2 N–H and O–H groups in total. The lowest BCUT2D eigenvalue weighted by molar-refractivity contribution is 0.409. The van der Waals surface area contributed by atoms with Gasteiger partial charge in [-0.2, -0.15) is 0 Å². The molecule has 5 nitrogen and oxygen atoms in total. The molecule has 0 aliphatic heterocycles. The Bertz CT molecular complexity index is 1750. The number of hydrogen-bond acceptors (Lipinski definition) is 4. The minimum Gasteiger partial charge on any atom is -0.497 e. The van der Waals surface area contributed by atoms with Crippen LogP contribution in [0.25, 0.3) is 0 Å². The third-order valence-corrected chi connectivity index (χ3v) is 10.5. The molecule has 44 heavy (non-hydrogen) atoms. The van der Waals surface area contributed by atoms with E-state index in [0.717, 1.165) is 28.0 Å². The minimum atomic E-state index is -3.84. The van der Waals surface area contributed by atoms with Gasteiger partial charge in [0, 0.05) is 12.5 Å². The normalized spacial score (nSPS) is 15.5. The quantitative estimate of drug-likeness (QED) is 0.180. The molecule has 1 aliphatic rings. The monoisotopic (exact) mass is 606 g/mol. The largest absolute Gasteiger partial charge is 0.497 e. The minimum absolute atomic E-state index is 0.192. The highest BCUT2D eigenvalue weighted by atomic mass is 32.2. The highest BCUT2D eigenvalue weighted by Crippen LogP contribution is 2.45. The van der Waals surface area contributed by atoms with Crippen LogP contribution < -0.4 is 14.8 Å². The van der Waals surface area contributed by atoms with E-state index in [1.54, 1.807) is 19.2 Å². The van der Waals surface area contributed by atoms with E-state index in [-0.39, 0.29) is 16.9 Å². The summed E-state index contributed by atoms with van der Waals surface area (Å²) in [5, 5.41) is 3.79. The molecule has 6 heteroatoms. The van der Waals surface area contributed by atoms with E-state index >= 15 is 0 Å². The van der Waals surface area contributed by atoms with Crippen molar-refractivity contribution in [2.75, 3.05) is 7.11 Å². The van der Waals surface area contributed by atoms with Crippen molar-refractivity contribution in [3.8, 4) is 5.75 Å². The summed E-state index contributed by atoms with van der Waals surface area (Å²) in [5.74, 6) is 0.981. The SMILES string of the molecule is COc1ccc(C2C(C)=C(C)C(C)=C2C)c(CN[C@H](c2ccccc2)[C@H](NS(=O)(=O)c2ccc(C)cc2)c2ccccc2)c1. The van der Waals surface area contributed by atoms with Gasteiger partial charge in [-0.25, -0.2) is 13.1 Å². The summed E-state index contributed by atoms with van der Waals surface area (Å²) >= 11 is 0. The Morgan fingerprint density at radius 2 is 1.25 bits per heavy atom. The van der Waals surface area contributed by atoms with Crippen LogP contribution in [0, 0.1) is 6.92 Å². The molecular formula is C38H42N2O3S. The molecule has 0 saturated heterocycles. The van der Waals surface area contributed by atoms with Crippen LogP contribution >= 0.6 is 0 Å². The van der Waals surface area contributed by atoms with Gasteiger partial charge in [0.2, 0.25) is 10.0 Å². The van der Waals surface area contributed by atoms with Gasteiger partial charge < -0.3 is 10.1 Å². The second kappa shape index (κ2) is 13.3. The Morgan fingerprint density at radius 1 is 0.705 bits per heavy atom. The fourth-order valence-electron chi connectivity index (χ4n) is 6.21. The van der Waals surface area contributed by atoms with Gasteiger partial charge in [-0.05, 0) is 92.3 Å². The zero-order chi connectivity index (χ0) is 31.4. The molecule has 1 aliphatic carbocycles. The number of aryl methyl sites for hydroxylation is 1. The summed E-state index contributed by atoms with van der Waals surface area (Å²) in [6.07, 6.45) is 0. The van der Waals surface area contributed by atoms with E-state index in [9.17, 15) is 8.42 Å². The molecule has 0 unspecified atom stereocenters. The van der Waals surface area contributed by atoms with Gasteiger partial charge in [-0.3, -0.25) is 0 Å². The van der Waals surface area contributed by atoms with Crippen molar-refractivity contribution in [2.24, 2.45) is 0 Å². The maximum Gasteiger partial charge on any atom is 0.241 e. The Balaban J connectivity index is 1.57. The first kappa shape index (κ1) is 31.5.